The highest BCUT2D eigenvalue weighted by atomic mass is 16.1. The summed E-state index contributed by atoms with van der Waals surface area (Å²) in [5.41, 5.74) is 0.852. The van der Waals surface area contributed by atoms with E-state index in [2.05, 4.69) is 18.8 Å². The fourth-order valence-corrected chi connectivity index (χ4v) is 1.12. The monoisotopic (exact) mass is 166 g/mol. The Morgan fingerprint density at radius 1 is 1.67 bits per heavy atom. The van der Waals surface area contributed by atoms with Crippen LogP contribution in [0.5, 0.6) is 0 Å². The van der Waals surface area contributed by atoms with Crippen molar-refractivity contribution in [3.63, 3.8) is 0 Å². The summed E-state index contributed by atoms with van der Waals surface area (Å²) in [6, 6.07) is 0. The van der Waals surface area contributed by atoms with Crippen LogP contribution < -0.4 is 0 Å². The molecule has 0 fully saturated rings. The van der Waals surface area contributed by atoms with Gasteiger partial charge in [-0.3, -0.25) is 0 Å². The predicted octanol–water partition coefficient (Wildman–Crippen LogP) is 1.28. The molecular weight excluding hydrogens is 152 g/mol. The minimum atomic E-state index is 0.422. The van der Waals surface area contributed by atoms with E-state index in [-0.39, 0.29) is 0 Å². The van der Waals surface area contributed by atoms with Crippen molar-refractivity contribution in [3.05, 3.63) is 18.2 Å². The number of imidazole rings is 1. The summed E-state index contributed by atoms with van der Waals surface area (Å²) in [5.74, 6) is 0.614. The van der Waals surface area contributed by atoms with Crippen LogP contribution in [0, 0.1) is 5.92 Å². The zero-order valence-electron chi connectivity index (χ0n) is 7.53. The maximum atomic E-state index is 10.2. The molecule has 1 heterocycles. The van der Waals surface area contributed by atoms with Crippen molar-refractivity contribution >= 4 is 6.29 Å². The lowest BCUT2D eigenvalue weighted by atomic mass is 10.2. The summed E-state index contributed by atoms with van der Waals surface area (Å²) in [7, 11) is 0. The molecule has 0 amide bonds. The zero-order valence-corrected chi connectivity index (χ0v) is 7.53. The molecule has 0 atom stereocenters. The first-order valence-electron chi connectivity index (χ1n) is 4.16. The second kappa shape index (κ2) is 4.04. The van der Waals surface area contributed by atoms with Crippen molar-refractivity contribution in [3.8, 4) is 0 Å². The highest BCUT2D eigenvalue weighted by Crippen LogP contribution is 2.01. The lowest BCUT2D eigenvalue weighted by Gasteiger charge is -2.03. The van der Waals surface area contributed by atoms with E-state index < -0.39 is 0 Å². The quantitative estimate of drug-likeness (QED) is 0.631. The first kappa shape index (κ1) is 8.97. The largest absolute Gasteiger partial charge is 0.337 e. The second-order valence-electron chi connectivity index (χ2n) is 3.33. The van der Waals surface area contributed by atoms with E-state index in [0.29, 0.717) is 12.3 Å². The minimum absolute atomic E-state index is 0.422. The molecule has 1 aromatic heterocycles. The van der Waals surface area contributed by atoms with E-state index in [0.717, 1.165) is 18.5 Å². The van der Waals surface area contributed by atoms with Crippen molar-refractivity contribution in [1.82, 2.24) is 9.55 Å². The Hall–Kier alpha value is -1.12. The van der Waals surface area contributed by atoms with Gasteiger partial charge in [-0.1, -0.05) is 13.8 Å². The Labute approximate surface area is 72.4 Å². The molecule has 3 nitrogen and oxygen atoms in total. The average Bonchev–Trinajstić information content (AvgIpc) is 2.36. The van der Waals surface area contributed by atoms with Crippen molar-refractivity contribution < 1.29 is 4.79 Å². The van der Waals surface area contributed by atoms with E-state index in [1.54, 1.807) is 6.33 Å². The van der Waals surface area contributed by atoms with Crippen LogP contribution in [0.3, 0.4) is 0 Å². The van der Waals surface area contributed by atoms with Gasteiger partial charge in [0.25, 0.3) is 0 Å². The fraction of sp³-hybridized carbons (Fsp3) is 0.556. The molecule has 1 aromatic rings. The first-order chi connectivity index (χ1) is 5.72. The molecule has 0 spiro atoms. The average molecular weight is 166 g/mol. The smallest absolute Gasteiger partial charge is 0.125 e. The Balaban J connectivity index is 2.57. The summed E-state index contributed by atoms with van der Waals surface area (Å²) in [6.45, 7) is 5.27. The molecule has 0 N–H and O–H groups in total. The third-order valence-electron chi connectivity index (χ3n) is 1.56. The molecule has 12 heavy (non-hydrogen) atoms. The van der Waals surface area contributed by atoms with E-state index in [4.69, 9.17) is 0 Å². The van der Waals surface area contributed by atoms with Crippen molar-refractivity contribution in [2.45, 2.75) is 26.8 Å². The topological polar surface area (TPSA) is 34.9 Å². The molecule has 1 rings (SSSR count). The lowest BCUT2D eigenvalue weighted by molar-refractivity contribution is -0.107. The van der Waals surface area contributed by atoms with Crippen molar-refractivity contribution in [1.29, 1.82) is 0 Å². The van der Waals surface area contributed by atoms with Crippen molar-refractivity contribution in [2.24, 2.45) is 5.92 Å². The molecule has 0 aliphatic rings. The van der Waals surface area contributed by atoms with Gasteiger partial charge < -0.3 is 9.36 Å². The second-order valence-corrected chi connectivity index (χ2v) is 3.33. The highest BCUT2D eigenvalue weighted by Gasteiger charge is 1.99. The van der Waals surface area contributed by atoms with Crippen LogP contribution in [0.2, 0.25) is 0 Å². The first-order valence-corrected chi connectivity index (χ1v) is 4.16. The van der Waals surface area contributed by atoms with E-state index >= 15 is 0 Å². The number of carbonyl (C=O) groups is 1. The Morgan fingerprint density at radius 3 is 3.00 bits per heavy atom. The summed E-state index contributed by atoms with van der Waals surface area (Å²) in [5, 5.41) is 0. The Bertz CT molecular complexity index is 253. The summed E-state index contributed by atoms with van der Waals surface area (Å²) in [6.07, 6.45) is 5.00. The summed E-state index contributed by atoms with van der Waals surface area (Å²) >= 11 is 0. The molecule has 0 aromatic carbocycles. The molecule has 66 valence electrons. The SMILES string of the molecule is CC(C)Cn1cnc(CC=O)c1. The number of hydrogen-bond acceptors (Lipinski definition) is 2. The molecule has 0 aliphatic carbocycles. The number of carbonyl (C=O) groups excluding carboxylic acids is 1. The maximum Gasteiger partial charge on any atom is 0.125 e. The molecule has 0 saturated carbocycles. The third-order valence-corrected chi connectivity index (χ3v) is 1.56. The summed E-state index contributed by atoms with van der Waals surface area (Å²) < 4.78 is 2.02. The van der Waals surface area contributed by atoms with Gasteiger partial charge in [0, 0.05) is 19.2 Å². The van der Waals surface area contributed by atoms with E-state index in [1.807, 2.05) is 10.8 Å². The number of rotatable bonds is 4. The molecule has 0 aliphatic heterocycles. The predicted molar refractivity (Wildman–Crippen MR) is 46.8 cm³/mol. The van der Waals surface area contributed by atoms with E-state index in [9.17, 15) is 4.79 Å². The van der Waals surface area contributed by atoms with Crippen LogP contribution in [-0.2, 0) is 17.8 Å². The number of aldehydes is 1. The van der Waals surface area contributed by atoms with Crippen molar-refractivity contribution in [2.75, 3.05) is 0 Å². The normalized spacial score (nSPS) is 10.6. The zero-order chi connectivity index (χ0) is 8.97. The molecule has 3 heteroatoms. The molecule has 0 unspecified atom stereocenters. The molecule has 0 saturated heterocycles. The van der Waals surface area contributed by atoms with E-state index in [1.165, 1.54) is 0 Å². The Kier molecular flexibility index (Phi) is 3.02. The van der Waals surface area contributed by atoms with Crippen LogP contribution in [0.15, 0.2) is 12.5 Å². The van der Waals surface area contributed by atoms with Gasteiger partial charge >= 0.3 is 0 Å². The van der Waals surface area contributed by atoms with Gasteiger partial charge in [-0.2, -0.15) is 0 Å². The maximum absolute atomic E-state index is 10.2. The molecule has 0 radical (unpaired) electrons. The van der Waals surface area contributed by atoms with Gasteiger partial charge in [0.15, 0.2) is 0 Å². The standard InChI is InChI=1S/C9H14N2O/c1-8(2)5-11-6-9(3-4-12)10-7-11/h4,6-8H,3,5H2,1-2H3. The minimum Gasteiger partial charge on any atom is -0.337 e. The Morgan fingerprint density at radius 2 is 2.42 bits per heavy atom. The lowest BCUT2D eigenvalue weighted by Crippen LogP contribution is -2.01. The third kappa shape index (κ3) is 2.49. The van der Waals surface area contributed by atoms with Gasteiger partial charge in [-0.05, 0) is 5.92 Å². The van der Waals surface area contributed by atoms with Crippen LogP contribution in [-0.4, -0.2) is 15.8 Å². The van der Waals surface area contributed by atoms with Crippen LogP contribution in [0.25, 0.3) is 0 Å². The van der Waals surface area contributed by atoms with Gasteiger partial charge in [-0.25, -0.2) is 4.98 Å². The highest BCUT2D eigenvalue weighted by molar-refractivity contribution is 5.53. The molecular formula is C9H14N2O. The van der Waals surface area contributed by atoms with Gasteiger partial charge in [0.2, 0.25) is 0 Å². The van der Waals surface area contributed by atoms with Gasteiger partial charge in [0.05, 0.1) is 12.0 Å². The number of hydrogen-bond donors (Lipinski definition) is 0. The summed E-state index contributed by atoms with van der Waals surface area (Å²) in [4.78, 5) is 14.2. The van der Waals surface area contributed by atoms with Gasteiger partial charge in [-0.15, -0.1) is 0 Å². The fourth-order valence-electron chi connectivity index (χ4n) is 1.12. The van der Waals surface area contributed by atoms with Crippen LogP contribution in [0.4, 0.5) is 0 Å². The van der Waals surface area contributed by atoms with Crippen LogP contribution in [0.1, 0.15) is 19.5 Å². The number of nitrogens with zero attached hydrogens (tertiary/aromatic N) is 2. The number of aromatic nitrogens is 2. The van der Waals surface area contributed by atoms with Gasteiger partial charge in [0.1, 0.15) is 6.29 Å². The van der Waals surface area contributed by atoms with Crippen LogP contribution >= 0.6 is 0 Å². The molecule has 0 bridgehead atoms.